The zero-order valence-corrected chi connectivity index (χ0v) is 14.9. The third-order valence-electron chi connectivity index (χ3n) is 3.74. The molecule has 0 atom stereocenters. The van der Waals surface area contributed by atoms with Gasteiger partial charge >= 0.3 is 0 Å². The van der Waals surface area contributed by atoms with E-state index in [-0.39, 0.29) is 10.6 Å². The summed E-state index contributed by atoms with van der Waals surface area (Å²) in [5.41, 5.74) is 1.02. The molecule has 0 unspecified atom stereocenters. The highest BCUT2D eigenvalue weighted by molar-refractivity contribution is 5.39. The van der Waals surface area contributed by atoms with Gasteiger partial charge in [0.25, 0.3) is 5.69 Å². The SMILES string of the molecule is CN(C)CCCN(CCCN(C)C)Cc1ccccc1[N+](=O)[O-]. The van der Waals surface area contributed by atoms with Crippen molar-refractivity contribution in [2.24, 2.45) is 0 Å². The van der Waals surface area contributed by atoms with E-state index >= 15 is 0 Å². The average Bonchev–Trinajstić information content (AvgIpc) is 2.46. The lowest BCUT2D eigenvalue weighted by Crippen LogP contribution is -2.30. The number of nitrogens with zero attached hydrogens (tertiary/aromatic N) is 4. The fourth-order valence-electron chi connectivity index (χ4n) is 2.55. The fraction of sp³-hybridized carbons (Fsp3) is 0.647. The number of para-hydroxylation sites is 1. The molecule has 6 heteroatoms. The summed E-state index contributed by atoms with van der Waals surface area (Å²) in [7, 11) is 8.27. The Morgan fingerprint density at radius 1 is 0.913 bits per heavy atom. The molecule has 23 heavy (non-hydrogen) atoms. The molecule has 0 aliphatic heterocycles. The van der Waals surface area contributed by atoms with Gasteiger partial charge in [0.15, 0.2) is 0 Å². The molecule has 0 aromatic heterocycles. The van der Waals surface area contributed by atoms with Crippen molar-refractivity contribution in [3.8, 4) is 0 Å². The van der Waals surface area contributed by atoms with Gasteiger partial charge in [-0.2, -0.15) is 0 Å². The Morgan fingerprint density at radius 2 is 1.43 bits per heavy atom. The van der Waals surface area contributed by atoms with Crippen LogP contribution >= 0.6 is 0 Å². The van der Waals surface area contributed by atoms with Crippen molar-refractivity contribution < 1.29 is 4.92 Å². The maximum Gasteiger partial charge on any atom is 0.273 e. The molecule has 0 N–H and O–H groups in total. The Balaban J connectivity index is 2.68. The largest absolute Gasteiger partial charge is 0.309 e. The predicted octanol–water partition coefficient (Wildman–Crippen LogP) is 2.30. The van der Waals surface area contributed by atoms with Crippen molar-refractivity contribution in [1.29, 1.82) is 0 Å². The number of hydrogen-bond acceptors (Lipinski definition) is 5. The molecular formula is C17H30N4O2. The van der Waals surface area contributed by atoms with Crippen LogP contribution in [0.25, 0.3) is 0 Å². The molecule has 0 aliphatic carbocycles. The summed E-state index contributed by atoms with van der Waals surface area (Å²) in [6, 6.07) is 7.06. The number of benzene rings is 1. The molecule has 0 bridgehead atoms. The summed E-state index contributed by atoms with van der Waals surface area (Å²) in [5, 5.41) is 11.2. The Hall–Kier alpha value is -1.50. The Bertz CT molecular complexity index is 463. The smallest absolute Gasteiger partial charge is 0.273 e. The van der Waals surface area contributed by atoms with Crippen LogP contribution in [0.3, 0.4) is 0 Å². The van der Waals surface area contributed by atoms with E-state index in [1.165, 1.54) is 0 Å². The Morgan fingerprint density at radius 3 is 1.91 bits per heavy atom. The third-order valence-corrected chi connectivity index (χ3v) is 3.74. The lowest BCUT2D eigenvalue weighted by molar-refractivity contribution is -0.385. The minimum Gasteiger partial charge on any atom is -0.309 e. The normalized spacial score (nSPS) is 11.6. The summed E-state index contributed by atoms with van der Waals surface area (Å²) in [4.78, 5) is 17.6. The predicted molar refractivity (Wildman–Crippen MR) is 94.7 cm³/mol. The zero-order valence-electron chi connectivity index (χ0n) is 14.9. The first-order valence-corrected chi connectivity index (χ1v) is 8.14. The Kier molecular flexibility index (Phi) is 8.76. The van der Waals surface area contributed by atoms with Gasteiger partial charge in [-0.25, -0.2) is 0 Å². The van der Waals surface area contributed by atoms with Crippen LogP contribution in [0.5, 0.6) is 0 Å². The first-order valence-electron chi connectivity index (χ1n) is 8.14. The summed E-state index contributed by atoms with van der Waals surface area (Å²) in [6.07, 6.45) is 2.13. The third kappa shape index (κ3) is 8.06. The number of hydrogen-bond donors (Lipinski definition) is 0. The molecule has 0 fully saturated rings. The lowest BCUT2D eigenvalue weighted by Gasteiger charge is -2.24. The highest BCUT2D eigenvalue weighted by Gasteiger charge is 2.15. The van der Waals surface area contributed by atoms with E-state index in [0.29, 0.717) is 6.54 Å². The number of nitro benzene ring substituents is 1. The summed E-state index contributed by atoms with van der Waals surface area (Å²) < 4.78 is 0. The van der Waals surface area contributed by atoms with E-state index in [0.717, 1.165) is 44.6 Å². The van der Waals surface area contributed by atoms with Gasteiger partial charge in [0.05, 0.1) is 4.92 Å². The van der Waals surface area contributed by atoms with E-state index in [4.69, 9.17) is 0 Å². The standard InChI is InChI=1S/C17H30N4O2/c1-18(2)11-7-13-20(14-8-12-19(3)4)15-16-9-5-6-10-17(16)21(22)23/h5-6,9-10H,7-8,11-15H2,1-4H3. The van der Waals surface area contributed by atoms with Crippen LogP contribution in [0.2, 0.25) is 0 Å². The highest BCUT2D eigenvalue weighted by Crippen LogP contribution is 2.19. The van der Waals surface area contributed by atoms with Crippen LogP contribution in [0, 0.1) is 10.1 Å². The van der Waals surface area contributed by atoms with Crippen LogP contribution in [-0.4, -0.2) is 74.0 Å². The molecule has 0 heterocycles. The first-order chi connectivity index (χ1) is 10.9. The molecule has 0 aliphatic rings. The molecule has 1 aromatic carbocycles. The quantitative estimate of drug-likeness (QED) is 0.462. The van der Waals surface area contributed by atoms with Crippen LogP contribution in [-0.2, 0) is 6.54 Å². The van der Waals surface area contributed by atoms with E-state index in [1.54, 1.807) is 12.1 Å². The van der Waals surface area contributed by atoms with Gasteiger partial charge in [0.2, 0.25) is 0 Å². The van der Waals surface area contributed by atoms with E-state index in [9.17, 15) is 10.1 Å². The minimum atomic E-state index is -0.285. The number of rotatable bonds is 11. The Labute approximate surface area is 139 Å². The summed E-state index contributed by atoms with van der Waals surface area (Å²) >= 11 is 0. The van der Waals surface area contributed by atoms with E-state index in [2.05, 4.69) is 42.9 Å². The molecule has 0 saturated heterocycles. The number of nitro groups is 1. The second kappa shape index (κ2) is 10.3. The topological polar surface area (TPSA) is 52.9 Å². The van der Waals surface area contributed by atoms with Crippen molar-refractivity contribution in [2.75, 3.05) is 54.4 Å². The van der Waals surface area contributed by atoms with Crippen molar-refractivity contribution in [1.82, 2.24) is 14.7 Å². The molecule has 1 aromatic rings. The molecule has 6 nitrogen and oxygen atoms in total. The van der Waals surface area contributed by atoms with Gasteiger partial charge in [-0.1, -0.05) is 18.2 Å². The van der Waals surface area contributed by atoms with Gasteiger partial charge in [0.1, 0.15) is 0 Å². The van der Waals surface area contributed by atoms with Crippen molar-refractivity contribution in [3.63, 3.8) is 0 Å². The van der Waals surface area contributed by atoms with Gasteiger partial charge in [0, 0.05) is 18.2 Å². The lowest BCUT2D eigenvalue weighted by atomic mass is 10.1. The van der Waals surface area contributed by atoms with Gasteiger partial charge < -0.3 is 9.80 Å². The summed E-state index contributed by atoms with van der Waals surface area (Å²) in [6.45, 7) is 4.61. The fourth-order valence-corrected chi connectivity index (χ4v) is 2.55. The monoisotopic (exact) mass is 322 g/mol. The zero-order chi connectivity index (χ0) is 17.2. The molecule has 1 rings (SSSR count). The minimum absolute atomic E-state index is 0.220. The molecule has 130 valence electrons. The van der Waals surface area contributed by atoms with Crippen LogP contribution in [0.4, 0.5) is 5.69 Å². The van der Waals surface area contributed by atoms with E-state index < -0.39 is 0 Å². The maximum absolute atomic E-state index is 11.2. The van der Waals surface area contributed by atoms with Crippen LogP contribution < -0.4 is 0 Å². The van der Waals surface area contributed by atoms with Crippen molar-refractivity contribution >= 4 is 5.69 Å². The molecule has 0 amide bonds. The van der Waals surface area contributed by atoms with Crippen LogP contribution in [0.1, 0.15) is 18.4 Å². The van der Waals surface area contributed by atoms with Gasteiger partial charge in [-0.05, 0) is 67.2 Å². The molecule has 0 radical (unpaired) electrons. The van der Waals surface area contributed by atoms with Crippen molar-refractivity contribution in [3.05, 3.63) is 39.9 Å². The second-order valence-corrected chi connectivity index (χ2v) is 6.48. The summed E-state index contributed by atoms with van der Waals surface area (Å²) in [5.74, 6) is 0. The molecule has 0 spiro atoms. The average molecular weight is 322 g/mol. The van der Waals surface area contributed by atoms with Crippen molar-refractivity contribution in [2.45, 2.75) is 19.4 Å². The highest BCUT2D eigenvalue weighted by atomic mass is 16.6. The first kappa shape index (κ1) is 19.5. The molecule has 0 saturated carbocycles. The maximum atomic E-state index is 11.2. The molecular weight excluding hydrogens is 292 g/mol. The van der Waals surface area contributed by atoms with Gasteiger partial charge in [-0.3, -0.25) is 15.0 Å². The van der Waals surface area contributed by atoms with E-state index in [1.807, 2.05) is 12.1 Å². The van der Waals surface area contributed by atoms with Crippen LogP contribution in [0.15, 0.2) is 24.3 Å². The van der Waals surface area contributed by atoms with Gasteiger partial charge in [-0.15, -0.1) is 0 Å². The second-order valence-electron chi connectivity index (χ2n) is 6.48.